The van der Waals surface area contributed by atoms with Crippen molar-refractivity contribution < 1.29 is 4.42 Å². The monoisotopic (exact) mass is 516 g/mol. The van der Waals surface area contributed by atoms with Crippen LogP contribution in [0.3, 0.4) is 0 Å². The molecule has 6 nitrogen and oxygen atoms in total. The number of benzene rings is 5. The number of hydrogen-bond acceptors (Lipinski definition) is 5. The Hall–Kier alpha value is -5.62. The van der Waals surface area contributed by atoms with Crippen LogP contribution in [0.15, 0.2) is 131 Å². The van der Waals surface area contributed by atoms with Gasteiger partial charge < -0.3 is 4.42 Å². The fourth-order valence-corrected chi connectivity index (χ4v) is 5.45. The lowest BCUT2D eigenvalue weighted by molar-refractivity contribution is 0.570. The third kappa shape index (κ3) is 3.43. The summed E-state index contributed by atoms with van der Waals surface area (Å²) in [5, 5.41) is 4.39. The maximum Gasteiger partial charge on any atom is 0.344 e. The maximum absolute atomic E-state index is 12.9. The Morgan fingerprint density at radius 1 is 0.500 bits per heavy atom. The van der Waals surface area contributed by atoms with Crippen LogP contribution < -0.4 is 5.63 Å². The quantitative estimate of drug-likeness (QED) is 0.179. The van der Waals surface area contributed by atoms with Crippen LogP contribution >= 0.6 is 0 Å². The summed E-state index contributed by atoms with van der Waals surface area (Å²) in [5.41, 5.74) is 3.74. The highest BCUT2D eigenvalue weighted by Crippen LogP contribution is 2.36. The third-order valence-electron chi connectivity index (χ3n) is 7.30. The lowest BCUT2D eigenvalue weighted by Gasteiger charge is -2.11. The van der Waals surface area contributed by atoms with E-state index in [0.717, 1.165) is 43.7 Å². The van der Waals surface area contributed by atoms with Crippen LogP contribution in [0.4, 0.5) is 0 Å². The summed E-state index contributed by atoms with van der Waals surface area (Å²) in [4.78, 5) is 27.6. The molecule has 0 radical (unpaired) electrons. The van der Waals surface area contributed by atoms with Gasteiger partial charge in [0.1, 0.15) is 5.58 Å². The molecule has 0 spiro atoms. The zero-order chi connectivity index (χ0) is 26.6. The van der Waals surface area contributed by atoms with Crippen LogP contribution in [0.2, 0.25) is 0 Å². The van der Waals surface area contributed by atoms with E-state index in [9.17, 15) is 4.79 Å². The average Bonchev–Trinajstić information content (AvgIpc) is 3.34. The summed E-state index contributed by atoms with van der Waals surface area (Å²) in [6.45, 7) is 0. The van der Waals surface area contributed by atoms with Crippen molar-refractivity contribution in [1.82, 2.24) is 19.5 Å². The molecule has 0 aliphatic rings. The third-order valence-corrected chi connectivity index (χ3v) is 7.30. The van der Waals surface area contributed by atoms with Gasteiger partial charge in [0.15, 0.2) is 11.6 Å². The molecule has 6 heteroatoms. The minimum atomic E-state index is -0.358. The molecule has 0 saturated heterocycles. The van der Waals surface area contributed by atoms with Crippen LogP contribution in [0.1, 0.15) is 0 Å². The molecule has 8 aromatic rings. The molecular formula is C34H20N4O2. The van der Waals surface area contributed by atoms with E-state index < -0.39 is 0 Å². The van der Waals surface area contributed by atoms with E-state index >= 15 is 0 Å². The van der Waals surface area contributed by atoms with E-state index in [1.165, 1.54) is 0 Å². The highest BCUT2D eigenvalue weighted by atomic mass is 16.4. The first-order valence-electron chi connectivity index (χ1n) is 13.0. The number of para-hydroxylation sites is 1. The van der Waals surface area contributed by atoms with Gasteiger partial charge in [-0.25, -0.2) is 9.78 Å². The molecule has 3 aromatic heterocycles. The van der Waals surface area contributed by atoms with Crippen molar-refractivity contribution in [3.63, 3.8) is 0 Å². The minimum Gasteiger partial charge on any atom is -0.422 e. The van der Waals surface area contributed by atoms with Gasteiger partial charge >= 0.3 is 5.63 Å². The first-order valence-corrected chi connectivity index (χ1v) is 13.0. The first kappa shape index (κ1) is 22.4. The largest absolute Gasteiger partial charge is 0.422 e. The fourth-order valence-electron chi connectivity index (χ4n) is 5.45. The summed E-state index contributed by atoms with van der Waals surface area (Å²) < 4.78 is 7.86. The topological polar surface area (TPSA) is 73.8 Å². The van der Waals surface area contributed by atoms with Crippen molar-refractivity contribution in [2.24, 2.45) is 0 Å². The molecule has 0 unspecified atom stereocenters. The molecule has 0 amide bonds. The Bertz CT molecular complexity index is 2230. The average molecular weight is 517 g/mol. The van der Waals surface area contributed by atoms with Crippen LogP contribution in [0.5, 0.6) is 0 Å². The Kier molecular flexibility index (Phi) is 4.87. The molecule has 5 aromatic carbocycles. The lowest BCUT2D eigenvalue weighted by atomic mass is 10.0. The van der Waals surface area contributed by atoms with Gasteiger partial charge in [0, 0.05) is 33.4 Å². The number of fused-ring (bicyclic) bond motifs is 6. The molecule has 40 heavy (non-hydrogen) atoms. The zero-order valence-corrected chi connectivity index (χ0v) is 21.2. The van der Waals surface area contributed by atoms with Gasteiger partial charge in [0.05, 0.1) is 16.4 Å². The SMILES string of the molecule is O=c1oc2cc3c(cc2c2ccccc12)c1ccccc1n3-c1nc(-c2ccccc2)nc(-c2ccccc2)n1. The number of hydrogen-bond donors (Lipinski definition) is 0. The van der Waals surface area contributed by atoms with Gasteiger partial charge in [-0.1, -0.05) is 97.1 Å². The molecule has 8 rings (SSSR count). The number of aromatic nitrogens is 4. The van der Waals surface area contributed by atoms with Gasteiger partial charge in [0.25, 0.3) is 0 Å². The number of nitrogens with zero attached hydrogens (tertiary/aromatic N) is 4. The normalized spacial score (nSPS) is 11.6. The van der Waals surface area contributed by atoms with Gasteiger partial charge in [-0.05, 0) is 23.6 Å². The Labute approximate surface area is 227 Å². The van der Waals surface area contributed by atoms with E-state index in [2.05, 4.69) is 18.2 Å². The molecule has 0 N–H and O–H groups in total. The van der Waals surface area contributed by atoms with E-state index in [1.807, 2.05) is 102 Å². The highest BCUT2D eigenvalue weighted by molar-refractivity contribution is 6.16. The van der Waals surface area contributed by atoms with Crippen molar-refractivity contribution in [2.75, 3.05) is 0 Å². The molecule has 188 valence electrons. The molecule has 0 fully saturated rings. The van der Waals surface area contributed by atoms with Crippen molar-refractivity contribution in [1.29, 1.82) is 0 Å². The molecule has 0 saturated carbocycles. The lowest BCUT2D eigenvalue weighted by Crippen LogP contribution is -2.06. The Morgan fingerprint density at radius 2 is 1.07 bits per heavy atom. The second-order valence-electron chi connectivity index (χ2n) is 9.67. The van der Waals surface area contributed by atoms with E-state index in [-0.39, 0.29) is 5.63 Å². The summed E-state index contributed by atoms with van der Waals surface area (Å²) >= 11 is 0. The number of rotatable bonds is 3. The van der Waals surface area contributed by atoms with Crippen LogP contribution in [-0.2, 0) is 0 Å². The zero-order valence-electron chi connectivity index (χ0n) is 21.2. The smallest absolute Gasteiger partial charge is 0.344 e. The van der Waals surface area contributed by atoms with Gasteiger partial charge in [-0.3, -0.25) is 4.57 Å². The van der Waals surface area contributed by atoms with E-state index in [1.54, 1.807) is 6.07 Å². The van der Waals surface area contributed by atoms with Crippen molar-refractivity contribution >= 4 is 43.5 Å². The summed E-state index contributed by atoms with van der Waals surface area (Å²) in [7, 11) is 0. The standard InChI is InChI=1S/C34H20N4O2/c39-33-25-17-8-7-15-23(25)27-19-26-24-16-9-10-18-28(24)38(29(26)20-30(27)40-33)34-36-31(21-11-3-1-4-12-21)35-32(37-34)22-13-5-2-6-14-22/h1-20H. The van der Waals surface area contributed by atoms with E-state index in [0.29, 0.717) is 28.6 Å². The van der Waals surface area contributed by atoms with Crippen molar-refractivity contribution in [3.05, 3.63) is 132 Å². The van der Waals surface area contributed by atoms with Crippen LogP contribution in [0, 0.1) is 0 Å². The summed E-state index contributed by atoms with van der Waals surface area (Å²) in [5.74, 6) is 1.64. The molecule has 0 atom stereocenters. The van der Waals surface area contributed by atoms with Gasteiger partial charge in [-0.2, -0.15) is 9.97 Å². The first-order chi connectivity index (χ1) is 19.7. The van der Waals surface area contributed by atoms with Crippen molar-refractivity contribution in [3.8, 4) is 28.7 Å². The molecule has 0 aliphatic carbocycles. The predicted molar refractivity (Wildman–Crippen MR) is 159 cm³/mol. The second-order valence-corrected chi connectivity index (χ2v) is 9.67. The van der Waals surface area contributed by atoms with Crippen LogP contribution in [0.25, 0.3) is 72.3 Å². The summed E-state index contributed by atoms with van der Waals surface area (Å²) in [6, 6.07) is 39.6. The molecule has 3 heterocycles. The van der Waals surface area contributed by atoms with Crippen molar-refractivity contribution in [2.45, 2.75) is 0 Å². The molecular weight excluding hydrogens is 496 g/mol. The second kappa shape index (κ2) is 8.71. The summed E-state index contributed by atoms with van der Waals surface area (Å²) in [6.07, 6.45) is 0. The van der Waals surface area contributed by atoms with Crippen LogP contribution in [-0.4, -0.2) is 19.5 Å². The Morgan fingerprint density at radius 3 is 1.75 bits per heavy atom. The van der Waals surface area contributed by atoms with Gasteiger partial charge in [-0.15, -0.1) is 0 Å². The maximum atomic E-state index is 12.9. The highest BCUT2D eigenvalue weighted by Gasteiger charge is 2.19. The van der Waals surface area contributed by atoms with Gasteiger partial charge in [0.2, 0.25) is 5.95 Å². The molecule has 0 aliphatic heterocycles. The predicted octanol–water partition coefficient (Wildman–Crippen LogP) is 7.56. The Balaban J connectivity index is 1.49. The fraction of sp³-hybridized carbons (Fsp3) is 0. The van der Waals surface area contributed by atoms with E-state index in [4.69, 9.17) is 19.4 Å². The minimum absolute atomic E-state index is 0.358. The molecule has 0 bridgehead atoms.